The molecule has 2 heteroatoms. The van der Waals surface area contributed by atoms with Crippen molar-refractivity contribution in [1.29, 1.82) is 0 Å². The molecule has 1 rings (SSSR count). The predicted octanol–water partition coefficient (Wildman–Crippen LogP) is 4.81. The highest BCUT2D eigenvalue weighted by molar-refractivity contribution is 5.99. The zero-order valence-corrected chi connectivity index (χ0v) is 13.2. The third kappa shape index (κ3) is 5.87. The fourth-order valence-electron chi connectivity index (χ4n) is 2.18. The predicted molar refractivity (Wildman–Crippen MR) is 84.3 cm³/mol. The van der Waals surface area contributed by atoms with Crippen LogP contribution in [-0.4, -0.2) is 18.5 Å². The number of Topliss-reactive ketones (excluding diaryl/α,β-unsaturated/α-hetero) is 1. The number of rotatable bonds is 10. The Balaban J connectivity index is 2.31. The van der Waals surface area contributed by atoms with E-state index in [4.69, 9.17) is 4.74 Å². The van der Waals surface area contributed by atoms with Crippen molar-refractivity contribution in [2.45, 2.75) is 65.4 Å². The van der Waals surface area contributed by atoms with Gasteiger partial charge in [-0.1, -0.05) is 63.8 Å². The molecule has 0 aliphatic rings. The summed E-state index contributed by atoms with van der Waals surface area (Å²) in [7, 11) is 0. The Morgan fingerprint density at radius 2 is 1.70 bits per heavy atom. The summed E-state index contributed by atoms with van der Waals surface area (Å²) in [4.78, 5) is 12.2. The van der Waals surface area contributed by atoms with Crippen LogP contribution in [0, 0.1) is 0 Å². The number of carbonyl (C=O) groups excluding carboxylic acids is 1. The smallest absolute Gasteiger partial charge is 0.191 e. The number of ketones is 1. The van der Waals surface area contributed by atoms with E-state index in [1.807, 2.05) is 31.2 Å². The van der Waals surface area contributed by atoms with Gasteiger partial charge >= 0.3 is 0 Å². The third-order valence-electron chi connectivity index (χ3n) is 3.63. The van der Waals surface area contributed by atoms with E-state index >= 15 is 0 Å². The highest BCUT2D eigenvalue weighted by Crippen LogP contribution is 2.10. The topological polar surface area (TPSA) is 26.3 Å². The molecule has 0 aliphatic carbocycles. The van der Waals surface area contributed by atoms with E-state index in [-0.39, 0.29) is 11.9 Å². The molecule has 1 aromatic carbocycles. The minimum atomic E-state index is -0.339. The molecule has 0 saturated carbocycles. The second-order valence-corrected chi connectivity index (χ2v) is 5.34. The van der Waals surface area contributed by atoms with Gasteiger partial charge in [-0.15, -0.1) is 0 Å². The molecule has 0 fully saturated rings. The van der Waals surface area contributed by atoms with E-state index in [0.29, 0.717) is 6.61 Å². The lowest BCUT2D eigenvalue weighted by atomic mass is 10.0. The van der Waals surface area contributed by atoms with Crippen LogP contribution < -0.4 is 0 Å². The highest BCUT2D eigenvalue weighted by Gasteiger charge is 2.15. The maximum absolute atomic E-state index is 12.2. The maximum atomic E-state index is 12.2. The molecule has 0 heterocycles. The second kappa shape index (κ2) is 9.71. The van der Waals surface area contributed by atoms with E-state index in [1.165, 1.54) is 31.2 Å². The van der Waals surface area contributed by atoms with Gasteiger partial charge in [-0.2, -0.15) is 0 Å². The average molecular weight is 276 g/mol. The summed E-state index contributed by atoms with van der Waals surface area (Å²) in [5, 5.41) is 0. The molecular formula is C18H28O2. The number of benzene rings is 1. The quantitative estimate of drug-likeness (QED) is 0.453. The van der Waals surface area contributed by atoms with Crippen molar-refractivity contribution >= 4 is 5.78 Å². The van der Waals surface area contributed by atoms with Gasteiger partial charge in [-0.05, 0) is 25.3 Å². The van der Waals surface area contributed by atoms with E-state index in [9.17, 15) is 4.79 Å². The summed E-state index contributed by atoms with van der Waals surface area (Å²) in [5.41, 5.74) is 2.01. The Morgan fingerprint density at radius 3 is 2.30 bits per heavy atom. The third-order valence-corrected chi connectivity index (χ3v) is 3.63. The average Bonchev–Trinajstić information content (AvgIpc) is 2.50. The zero-order valence-electron chi connectivity index (χ0n) is 13.2. The van der Waals surface area contributed by atoms with Gasteiger partial charge in [0, 0.05) is 12.2 Å². The van der Waals surface area contributed by atoms with Crippen molar-refractivity contribution in [3.8, 4) is 0 Å². The molecule has 0 amide bonds. The lowest BCUT2D eigenvalue weighted by Gasteiger charge is -2.12. The maximum Gasteiger partial charge on any atom is 0.191 e. The summed E-state index contributed by atoms with van der Waals surface area (Å²) in [5.74, 6) is 0.0845. The Hall–Kier alpha value is -1.15. The van der Waals surface area contributed by atoms with E-state index < -0.39 is 0 Å². The minimum absolute atomic E-state index is 0.0845. The van der Waals surface area contributed by atoms with Crippen molar-refractivity contribution in [1.82, 2.24) is 0 Å². The molecule has 1 aromatic rings. The van der Waals surface area contributed by atoms with E-state index in [2.05, 4.69) is 13.8 Å². The van der Waals surface area contributed by atoms with Crippen LogP contribution in [0.1, 0.15) is 68.8 Å². The first kappa shape index (κ1) is 16.9. The van der Waals surface area contributed by atoms with Gasteiger partial charge in [0.1, 0.15) is 6.10 Å². The molecular weight excluding hydrogens is 248 g/mol. The molecule has 20 heavy (non-hydrogen) atoms. The van der Waals surface area contributed by atoms with Gasteiger partial charge in [0.05, 0.1) is 0 Å². The number of aryl methyl sites for hydroxylation is 1. The number of unbranched alkanes of at least 4 members (excludes halogenated alkanes) is 4. The first-order valence-electron chi connectivity index (χ1n) is 7.93. The summed E-state index contributed by atoms with van der Waals surface area (Å²) in [6.07, 6.45) is 6.71. The van der Waals surface area contributed by atoms with Gasteiger partial charge < -0.3 is 4.74 Å². The summed E-state index contributed by atoms with van der Waals surface area (Å²) >= 11 is 0. The SMILES string of the molecule is CCCCCCCOC(C)C(=O)c1ccc(CC)cc1. The first-order chi connectivity index (χ1) is 9.69. The number of ether oxygens (including phenoxy) is 1. The second-order valence-electron chi connectivity index (χ2n) is 5.34. The van der Waals surface area contributed by atoms with Crippen LogP contribution in [0.2, 0.25) is 0 Å². The van der Waals surface area contributed by atoms with Crippen molar-refractivity contribution in [3.63, 3.8) is 0 Å². The van der Waals surface area contributed by atoms with Crippen molar-refractivity contribution < 1.29 is 9.53 Å². The summed E-state index contributed by atoms with van der Waals surface area (Å²) in [6, 6.07) is 7.85. The Bertz CT molecular complexity index is 381. The summed E-state index contributed by atoms with van der Waals surface area (Å²) < 4.78 is 5.65. The highest BCUT2D eigenvalue weighted by atomic mass is 16.5. The molecule has 0 radical (unpaired) electrons. The fourth-order valence-corrected chi connectivity index (χ4v) is 2.18. The molecule has 0 aliphatic heterocycles. The van der Waals surface area contributed by atoms with Crippen LogP contribution in [-0.2, 0) is 11.2 Å². The standard InChI is InChI=1S/C18H28O2/c1-4-6-7-8-9-14-20-15(3)18(19)17-12-10-16(5-2)11-13-17/h10-13,15H,4-9,14H2,1-3H3. The van der Waals surface area contributed by atoms with Crippen LogP contribution in [0.5, 0.6) is 0 Å². The van der Waals surface area contributed by atoms with Gasteiger partial charge in [0.15, 0.2) is 5.78 Å². The molecule has 0 N–H and O–H groups in total. The normalized spacial score (nSPS) is 12.3. The number of carbonyl (C=O) groups is 1. The Labute approximate surface area is 123 Å². The lowest BCUT2D eigenvalue weighted by Crippen LogP contribution is -2.21. The zero-order chi connectivity index (χ0) is 14.8. The Kier molecular flexibility index (Phi) is 8.20. The van der Waals surface area contributed by atoms with Crippen LogP contribution in [0.25, 0.3) is 0 Å². The largest absolute Gasteiger partial charge is 0.370 e. The molecule has 0 spiro atoms. The molecule has 1 atom stereocenters. The van der Waals surface area contributed by atoms with Crippen LogP contribution >= 0.6 is 0 Å². The molecule has 112 valence electrons. The fraction of sp³-hybridized carbons (Fsp3) is 0.611. The Morgan fingerprint density at radius 1 is 1.05 bits per heavy atom. The van der Waals surface area contributed by atoms with Gasteiger partial charge in [0.25, 0.3) is 0 Å². The molecule has 0 bridgehead atoms. The van der Waals surface area contributed by atoms with E-state index in [1.54, 1.807) is 0 Å². The monoisotopic (exact) mass is 276 g/mol. The molecule has 0 saturated heterocycles. The van der Waals surface area contributed by atoms with Gasteiger partial charge in [-0.25, -0.2) is 0 Å². The minimum Gasteiger partial charge on any atom is -0.370 e. The molecule has 1 unspecified atom stereocenters. The van der Waals surface area contributed by atoms with Crippen LogP contribution in [0.4, 0.5) is 0 Å². The van der Waals surface area contributed by atoms with Gasteiger partial charge in [-0.3, -0.25) is 4.79 Å². The van der Waals surface area contributed by atoms with Crippen molar-refractivity contribution in [2.24, 2.45) is 0 Å². The first-order valence-corrected chi connectivity index (χ1v) is 7.93. The summed E-state index contributed by atoms with van der Waals surface area (Å²) in [6.45, 7) is 6.86. The van der Waals surface area contributed by atoms with Gasteiger partial charge in [0.2, 0.25) is 0 Å². The number of hydrogen-bond acceptors (Lipinski definition) is 2. The van der Waals surface area contributed by atoms with Crippen molar-refractivity contribution in [2.75, 3.05) is 6.61 Å². The molecule has 2 nitrogen and oxygen atoms in total. The van der Waals surface area contributed by atoms with Crippen LogP contribution in [0.3, 0.4) is 0 Å². The van der Waals surface area contributed by atoms with Crippen molar-refractivity contribution in [3.05, 3.63) is 35.4 Å². The van der Waals surface area contributed by atoms with Crippen LogP contribution in [0.15, 0.2) is 24.3 Å². The lowest BCUT2D eigenvalue weighted by molar-refractivity contribution is 0.0464. The number of hydrogen-bond donors (Lipinski definition) is 0. The molecule has 0 aromatic heterocycles. The van der Waals surface area contributed by atoms with E-state index in [0.717, 1.165) is 18.4 Å².